The van der Waals surface area contributed by atoms with Gasteiger partial charge in [-0.2, -0.15) is 0 Å². The lowest BCUT2D eigenvalue weighted by molar-refractivity contribution is -0.0673. The minimum atomic E-state index is -1.49. The molecule has 0 atom stereocenters. The zero-order chi connectivity index (χ0) is 25.3. The highest BCUT2D eigenvalue weighted by atomic mass is 31.2. The largest absolute Gasteiger partial charge is 0.426 e. The van der Waals surface area contributed by atoms with E-state index >= 15 is 0 Å². The van der Waals surface area contributed by atoms with Gasteiger partial charge < -0.3 is 27.1 Å². The zero-order valence-corrected chi connectivity index (χ0v) is 23.9. The third-order valence-electron chi connectivity index (χ3n) is 6.38. The minimum absolute atomic E-state index is 0.341. The van der Waals surface area contributed by atoms with Gasteiger partial charge in [0.05, 0.1) is 31.8 Å². The maximum Gasteiger partial charge on any atom is 0.397 e. The smallest absolute Gasteiger partial charge is 0.397 e. The van der Waals surface area contributed by atoms with Crippen LogP contribution in [0, 0.1) is 33.1 Å². The topological polar surface area (TPSA) is 55.4 Å². The Morgan fingerprint density at radius 1 is 0.629 bits per heavy atom. The highest BCUT2D eigenvalue weighted by Gasteiger charge is 2.45. The molecule has 2 aliphatic rings. The molecule has 192 valence electrons. The second-order valence-corrected chi connectivity index (χ2v) is 12.8. The van der Waals surface area contributed by atoms with Crippen molar-refractivity contribution in [1.82, 2.24) is 0 Å². The Balaban J connectivity index is 1.36. The molecule has 2 aromatic rings. The van der Waals surface area contributed by atoms with Crippen LogP contribution in [0.5, 0.6) is 11.5 Å². The van der Waals surface area contributed by atoms with Gasteiger partial charge in [-0.15, -0.1) is 0 Å². The van der Waals surface area contributed by atoms with Crippen molar-refractivity contribution in [2.45, 2.75) is 67.2 Å². The molecule has 0 aliphatic carbocycles. The van der Waals surface area contributed by atoms with E-state index in [2.05, 4.69) is 65.8 Å². The van der Waals surface area contributed by atoms with E-state index in [4.69, 9.17) is 27.1 Å². The molecule has 2 saturated heterocycles. The van der Waals surface area contributed by atoms with Crippen LogP contribution in [0.15, 0.2) is 24.3 Å². The third kappa shape index (κ3) is 6.18. The Labute approximate surface area is 212 Å². The molecule has 0 unspecified atom stereocenters. The van der Waals surface area contributed by atoms with Crippen LogP contribution in [0.4, 0.5) is 0 Å². The lowest BCUT2D eigenvalue weighted by Crippen LogP contribution is -2.45. The summed E-state index contributed by atoms with van der Waals surface area (Å²) in [4.78, 5) is 0. The van der Waals surface area contributed by atoms with Gasteiger partial charge in [-0.3, -0.25) is 0 Å². The molecular formula is C27H38O6P2. The monoisotopic (exact) mass is 520 g/mol. The number of hydrogen-bond acceptors (Lipinski definition) is 6. The van der Waals surface area contributed by atoms with E-state index < -0.39 is 17.2 Å². The third-order valence-corrected chi connectivity index (χ3v) is 8.40. The van der Waals surface area contributed by atoms with Crippen molar-refractivity contribution in [3.8, 4) is 11.5 Å². The summed E-state index contributed by atoms with van der Waals surface area (Å²) in [7, 11) is -2.95. The number of aryl methyl sites for hydroxylation is 4. The first kappa shape index (κ1) is 26.8. The Hall–Kier alpha value is -1.26. The molecule has 2 fully saturated rings. The fourth-order valence-corrected chi connectivity index (χ4v) is 7.12. The molecule has 0 radical (unpaired) electrons. The summed E-state index contributed by atoms with van der Waals surface area (Å²) < 4.78 is 36.7. The first-order chi connectivity index (χ1) is 16.6. The average Bonchev–Trinajstić information content (AvgIpc) is 2.79. The Morgan fingerprint density at radius 3 is 1.40 bits per heavy atom. The molecule has 0 N–H and O–H groups in total. The molecule has 4 rings (SSSR count). The second-order valence-electron chi connectivity index (χ2n) is 10.5. The van der Waals surface area contributed by atoms with Crippen molar-refractivity contribution in [1.29, 1.82) is 0 Å². The highest BCUT2D eigenvalue weighted by Crippen LogP contribution is 2.54. The molecule has 0 saturated carbocycles. The van der Waals surface area contributed by atoms with Crippen LogP contribution in [0.3, 0.4) is 0 Å². The van der Waals surface area contributed by atoms with Crippen LogP contribution in [-0.4, -0.2) is 26.4 Å². The van der Waals surface area contributed by atoms with Crippen molar-refractivity contribution in [2.75, 3.05) is 26.4 Å². The second kappa shape index (κ2) is 11.0. The predicted molar refractivity (Wildman–Crippen MR) is 141 cm³/mol. The van der Waals surface area contributed by atoms with Gasteiger partial charge in [-0.05, 0) is 61.8 Å². The highest BCUT2D eigenvalue weighted by molar-refractivity contribution is 7.42. The van der Waals surface area contributed by atoms with Crippen LogP contribution >= 0.6 is 17.2 Å². The van der Waals surface area contributed by atoms with Gasteiger partial charge in [-0.1, -0.05) is 63.1 Å². The number of benzene rings is 2. The van der Waals surface area contributed by atoms with E-state index in [1.165, 1.54) is 22.3 Å². The van der Waals surface area contributed by atoms with E-state index in [0.29, 0.717) is 38.3 Å². The number of hydrogen-bond donors (Lipinski definition) is 0. The summed E-state index contributed by atoms with van der Waals surface area (Å²) in [6, 6.07) is 8.62. The molecule has 0 bridgehead atoms. The van der Waals surface area contributed by atoms with Crippen molar-refractivity contribution in [3.05, 3.63) is 57.6 Å². The fraction of sp³-hybridized carbons (Fsp3) is 0.556. The quantitative estimate of drug-likeness (QED) is 0.358. The van der Waals surface area contributed by atoms with Crippen LogP contribution in [0.1, 0.15) is 72.9 Å². The normalized spacial score (nSPS) is 24.9. The minimum Gasteiger partial charge on any atom is -0.426 e. The maximum absolute atomic E-state index is 6.38. The van der Waals surface area contributed by atoms with Gasteiger partial charge in [0.15, 0.2) is 0 Å². The van der Waals surface area contributed by atoms with Crippen LogP contribution in [0.2, 0.25) is 0 Å². The first-order valence-corrected chi connectivity index (χ1v) is 14.5. The van der Waals surface area contributed by atoms with Crippen molar-refractivity contribution in [2.24, 2.45) is 5.41 Å². The molecule has 2 aromatic carbocycles. The van der Waals surface area contributed by atoms with E-state index in [-0.39, 0.29) is 5.41 Å². The Bertz CT molecular complexity index is 984. The molecular weight excluding hydrogens is 482 g/mol. The van der Waals surface area contributed by atoms with Crippen LogP contribution in [0.25, 0.3) is 0 Å². The van der Waals surface area contributed by atoms with Crippen molar-refractivity contribution >= 4 is 17.2 Å². The van der Waals surface area contributed by atoms with Gasteiger partial charge in [0.2, 0.25) is 0 Å². The molecule has 2 aliphatic heterocycles. The van der Waals surface area contributed by atoms with E-state index in [1.54, 1.807) is 0 Å². The van der Waals surface area contributed by atoms with Crippen LogP contribution in [-0.2, 0) is 18.1 Å². The lowest BCUT2D eigenvalue weighted by Gasteiger charge is -2.41. The summed E-state index contributed by atoms with van der Waals surface area (Å²) in [6.07, 6.45) is 0. The molecule has 2 heterocycles. The molecule has 0 amide bonds. The summed E-state index contributed by atoms with van der Waals surface area (Å²) in [5, 5.41) is 0. The molecule has 0 aromatic heterocycles. The molecule has 35 heavy (non-hydrogen) atoms. The Morgan fingerprint density at radius 2 is 1.00 bits per heavy atom. The van der Waals surface area contributed by atoms with E-state index in [1.807, 2.05) is 13.8 Å². The summed E-state index contributed by atoms with van der Waals surface area (Å²) in [5.74, 6) is 2.42. The molecule has 1 spiro atoms. The fourth-order valence-electron chi connectivity index (χ4n) is 4.44. The molecule has 6 nitrogen and oxygen atoms in total. The lowest BCUT2D eigenvalue weighted by atomic mass is 9.92. The number of rotatable bonds is 6. The maximum atomic E-state index is 6.38. The average molecular weight is 521 g/mol. The zero-order valence-electron chi connectivity index (χ0n) is 22.1. The van der Waals surface area contributed by atoms with Crippen LogP contribution < -0.4 is 9.05 Å². The van der Waals surface area contributed by atoms with Gasteiger partial charge in [0, 0.05) is 0 Å². The predicted octanol–water partition coefficient (Wildman–Crippen LogP) is 8.16. The SMILES string of the molecule is Cc1cc(C)c(OP2OCC3(CO2)COP(Oc2c(C(C)C)cc(C)cc2C(C)C)OC3)c(C)c1. The summed E-state index contributed by atoms with van der Waals surface area (Å²) in [5.41, 5.74) is 6.66. The first-order valence-electron chi connectivity index (χ1n) is 12.3. The van der Waals surface area contributed by atoms with Crippen molar-refractivity contribution < 1.29 is 27.1 Å². The van der Waals surface area contributed by atoms with Gasteiger partial charge >= 0.3 is 17.2 Å². The standard InChI is InChI=1S/C27H38O6P2/c1-17(2)23-11-20(6)12-24(18(3)4)26(23)33-35-30-15-27(16-31-35)13-28-34(29-14-27)32-25-21(7)9-19(5)10-22(25)8/h9-12,17-18H,13-16H2,1-8H3. The van der Waals surface area contributed by atoms with Gasteiger partial charge in [0.25, 0.3) is 0 Å². The Kier molecular flexibility index (Phi) is 8.43. The molecule has 8 heteroatoms. The summed E-state index contributed by atoms with van der Waals surface area (Å²) >= 11 is 0. The summed E-state index contributed by atoms with van der Waals surface area (Å²) in [6.45, 7) is 18.9. The van der Waals surface area contributed by atoms with E-state index in [0.717, 1.165) is 22.6 Å². The van der Waals surface area contributed by atoms with Gasteiger partial charge in [0.1, 0.15) is 11.5 Å². The van der Waals surface area contributed by atoms with Crippen molar-refractivity contribution in [3.63, 3.8) is 0 Å². The van der Waals surface area contributed by atoms with E-state index in [9.17, 15) is 0 Å². The van der Waals surface area contributed by atoms with Gasteiger partial charge in [-0.25, -0.2) is 0 Å².